The van der Waals surface area contributed by atoms with E-state index in [0.717, 1.165) is 0 Å². The predicted octanol–water partition coefficient (Wildman–Crippen LogP) is -19.5. The minimum Gasteiger partial charge on any atom is -0.543 e. The van der Waals surface area contributed by atoms with Crippen LogP contribution in [-0.4, -0.2) is 35.8 Å². The van der Waals surface area contributed by atoms with Crippen LogP contribution in [0.4, 0.5) is 0 Å². The SMILES string of the molecule is O=C([O-])C(=O)[O-].O=C([O-])C(=O)[O-].O=C([O-])C(=O)[O-].[Fe+3].[K+].[K+].[K+]. The fraction of sp³-hybridized carbons (Fsp3) is 0. The van der Waals surface area contributed by atoms with Gasteiger partial charge in [0.15, 0.2) is 0 Å². The predicted molar refractivity (Wildman–Crippen MR) is 30.0 cm³/mol. The van der Waals surface area contributed by atoms with E-state index < -0.39 is 35.8 Å². The van der Waals surface area contributed by atoms with Gasteiger partial charge in [0.25, 0.3) is 0 Å². The summed E-state index contributed by atoms with van der Waals surface area (Å²) in [5.41, 5.74) is 0. The molecule has 0 rings (SSSR count). The normalized spacial score (nSPS) is 6.00. The molecule has 0 saturated carbocycles. The van der Waals surface area contributed by atoms with Crippen molar-refractivity contribution in [3.05, 3.63) is 0 Å². The summed E-state index contributed by atoms with van der Waals surface area (Å²) >= 11 is 0. The quantitative estimate of drug-likeness (QED) is 0.253. The van der Waals surface area contributed by atoms with Crippen LogP contribution in [0, 0.1) is 0 Å². The van der Waals surface area contributed by atoms with Gasteiger partial charge in [0, 0.05) is 0 Å². The molecule has 107 valence electrons. The minimum atomic E-state index is -2.19. The number of hydrogen-bond acceptors (Lipinski definition) is 12. The molecule has 0 aromatic carbocycles. The van der Waals surface area contributed by atoms with Crippen molar-refractivity contribution in [2.75, 3.05) is 0 Å². The summed E-state index contributed by atoms with van der Waals surface area (Å²) in [6.07, 6.45) is 0. The van der Waals surface area contributed by atoms with Crippen LogP contribution < -0.4 is 185 Å². The van der Waals surface area contributed by atoms with E-state index in [1.807, 2.05) is 0 Å². The van der Waals surface area contributed by atoms with Crippen molar-refractivity contribution in [2.45, 2.75) is 0 Å². The molecule has 0 N–H and O–H groups in total. The van der Waals surface area contributed by atoms with Crippen LogP contribution in [0.5, 0.6) is 0 Å². The van der Waals surface area contributed by atoms with E-state index in [4.69, 9.17) is 59.4 Å². The Morgan fingerprint density at radius 3 is 0.409 bits per heavy atom. The fourth-order valence-corrected chi connectivity index (χ4v) is 0. The molecule has 12 nitrogen and oxygen atoms in total. The molecule has 0 atom stereocenters. The Morgan fingerprint density at radius 2 is 0.409 bits per heavy atom. The van der Waals surface area contributed by atoms with Crippen LogP contribution in [0.2, 0.25) is 0 Å². The molecule has 0 aliphatic carbocycles. The summed E-state index contributed by atoms with van der Waals surface area (Å²) in [4.78, 5) is 53.6. The van der Waals surface area contributed by atoms with Crippen molar-refractivity contribution in [1.29, 1.82) is 0 Å². The second-order valence-electron chi connectivity index (χ2n) is 1.72. The van der Waals surface area contributed by atoms with Crippen LogP contribution in [0.15, 0.2) is 0 Å². The first-order valence-electron chi connectivity index (χ1n) is 3.20. The summed E-state index contributed by atoms with van der Waals surface area (Å²) in [6, 6.07) is 0. The van der Waals surface area contributed by atoms with E-state index in [2.05, 4.69) is 0 Å². The first kappa shape index (κ1) is 44.1. The first-order valence-corrected chi connectivity index (χ1v) is 3.20. The van der Waals surface area contributed by atoms with Gasteiger partial charge >= 0.3 is 171 Å². The van der Waals surface area contributed by atoms with E-state index in [0.29, 0.717) is 0 Å². The van der Waals surface area contributed by atoms with Gasteiger partial charge in [0.05, 0.1) is 35.8 Å². The van der Waals surface area contributed by atoms with Crippen LogP contribution in [0.3, 0.4) is 0 Å². The van der Waals surface area contributed by atoms with Crippen LogP contribution in [-0.2, 0) is 45.8 Å². The molecule has 0 unspecified atom stereocenters. The summed E-state index contributed by atoms with van der Waals surface area (Å²) in [5, 5.41) is 53.6. The van der Waals surface area contributed by atoms with E-state index in [9.17, 15) is 0 Å². The van der Waals surface area contributed by atoms with Gasteiger partial charge in [0.1, 0.15) is 0 Å². The Kier molecular flexibility index (Phi) is 56.2. The maximum atomic E-state index is 8.93. The molecule has 0 aromatic rings. The largest absolute Gasteiger partial charge is 3.00 e. The third-order valence-corrected chi connectivity index (χ3v) is 0.500. The van der Waals surface area contributed by atoms with Gasteiger partial charge in [-0.05, 0) is 0 Å². The maximum Gasteiger partial charge on any atom is 3.00 e. The third-order valence-electron chi connectivity index (χ3n) is 0.500. The smallest absolute Gasteiger partial charge is 0.543 e. The molecule has 0 saturated heterocycles. The summed E-state index contributed by atoms with van der Waals surface area (Å²) in [7, 11) is 0. The van der Waals surface area contributed by atoms with Crippen molar-refractivity contribution < 1.29 is 231 Å². The van der Waals surface area contributed by atoms with Crippen molar-refractivity contribution in [2.24, 2.45) is 0 Å². The van der Waals surface area contributed by atoms with E-state index in [-0.39, 0.29) is 171 Å². The first-order chi connectivity index (χ1) is 7.93. The van der Waals surface area contributed by atoms with Gasteiger partial charge in [-0.3, -0.25) is 0 Å². The average Bonchev–Trinajstić information content (AvgIpc) is 2.18. The number of carbonyl (C=O) groups excluding carboxylic acids is 6. The molecular formula is C6FeK3O12. The van der Waals surface area contributed by atoms with Crippen molar-refractivity contribution in [1.82, 2.24) is 0 Å². The minimum absolute atomic E-state index is 0. The van der Waals surface area contributed by atoms with Gasteiger partial charge in [0.2, 0.25) is 0 Å². The van der Waals surface area contributed by atoms with E-state index in [1.54, 1.807) is 0 Å². The molecule has 0 amide bonds. The molecular weight excluding hydrogens is 437 g/mol. The molecule has 1 radical (unpaired) electrons. The molecule has 0 heterocycles. The molecule has 0 aliphatic rings. The molecule has 0 aliphatic heterocycles. The Labute approximate surface area is 260 Å². The van der Waals surface area contributed by atoms with Gasteiger partial charge < -0.3 is 59.4 Å². The second kappa shape index (κ2) is 28.1. The number of carboxylic acid groups (broad SMARTS) is 6. The van der Waals surface area contributed by atoms with Gasteiger partial charge in [-0.15, -0.1) is 0 Å². The number of carbonyl (C=O) groups is 6. The number of rotatable bonds is 0. The zero-order valence-corrected chi connectivity index (χ0v) is 21.7. The Hall–Kier alpha value is 2.25. The van der Waals surface area contributed by atoms with Crippen molar-refractivity contribution in [3.8, 4) is 0 Å². The van der Waals surface area contributed by atoms with Gasteiger partial charge in [-0.1, -0.05) is 0 Å². The monoisotopic (exact) mass is 437 g/mol. The third kappa shape index (κ3) is 49.5. The van der Waals surface area contributed by atoms with Crippen LogP contribution in [0.25, 0.3) is 0 Å². The van der Waals surface area contributed by atoms with Crippen LogP contribution in [0.1, 0.15) is 0 Å². The van der Waals surface area contributed by atoms with Gasteiger partial charge in [-0.2, -0.15) is 0 Å². The Bertz CT molecular complexity index is 290. The standard InChI is InChI=1S/3C2H2O4.Fe.3K/c3*3-1(4)2(5)6;;;;/h3*(H,3,4)(H,5,6);;;;/q;;;+3;3*+1/p-6. The number of hydrogen-bond donors (Lipinski definition) is 0. The van der Waals surface area contributed by atoms with Crippen LogP contribution >= 0.6 is 0 Å². The maximum absolute atomic E-state index is 8.93. The van der Waals surface area contributed by atoms with Crippen molar-refractivity contribution in [3.63, 3.8) is 0 Å². The molecule has 22 heavy (non-hydrogen) atoms. The van der Waals surface area contributed by atoms with Gasteiger partial charge in [-0.25, -0.2) is 0 Å². The number of aliphatic carboxylic acids is 6. The molecule has 0 aromatic heterocycles. The average molecular weight is 437 g/mol. The molecule has 16 heteroatoms. The zero-order chi connectivity index (χ0) is 15.5. The fourth-order valence-electron chi connectivity index (χ4n) is 0. The zero-order valence-electron chi connectivity index (χ0n) is 11.3. The number of carboxylic acids is 6. The molecule has 0 spiro atoms. The topological polar surface area (TPSA) is 241 Å². The Balaban J connectivity index is -0.0000000281. The second-order valence-corrected chi connectivity index (χ2v) is 1.72. The summed E-state index contributed by atoms with van der Waals surface area (Å²) in [5.74, 6) is -13.1. The molecule has 0 bridgehead atoms. The van der Waals surface area contributed by atoms with E-state index >= 15 is 0 Å². The van der Waals surface area contributed by atoms with E-state index in [1.165, 1.54) is 0 Å². The summed E-state index contributed by atoms with van der Waals surface area (Å²) in [6.45, 7) is 0. The Morgan fingerprint density at radius 1 is 0.364 bits per heavy atom. The van der Waals surface area contributed by atoms with Crippen molar-refractivity contribution >= 4 is 35.8 Å². The molecule has 0 fully saturated rings. The summed E-state index contributed by atoms with van der Waals surface area (Å²) < 4.78 is 0.